The Labute approximate surface area is 163 Å². The van der Waals surface area contributed by atoms with Gasteiger partial charge in [0.1, 0.15) is 6.07 Å². The number of nitriles is 1. The van der Waals surface area contributed by atoms with Gasteiger partial charge in [0.05, 0.1) is 11.5 Å². The third kappa shape index (κ3) is 4.11. The highest BCUT2D eigenvalue weighted by molar-refractivity contribution is 6.03. The second-order valence-corrected chi connectivity index (χ2v) is 9.46. The van der Waals surface area contributed by atoms with Crippen molar-refractivity contribution >= 4 is 11.7 Å². The first-order valence-corrected chi connectivity index (χ1v) is 9.98. The number of likely N-dealkylation sites (tertiary alicyclic amines) is 1. The number of amides is 1. The molecule has 0 aromatic rings. The summed E-state index contributed by atoms with van der Waals surface area (Å²) in [6.45, 7) is 4.60. The van der Waals surface area contributed by atoms with Crippen molar-refractivity contribution in [1.29, 1.82) is 5.26 Å². The van der Waals surface area contributed by atoms with Crippen LogP contribution in [0.1, 0.15) is 58.8 Å². The van der Waals surface area contributed by atoms with E-state index in [0.717, 1.165) is 0 Å². The van der Waals surface area contributed by atoms with Crippen LogP contribution in [0.2, 0.25) is 0 Å². The predicted octanol–water partition coefficient (Wildman–Crippen LogP) is 4.41. The SMILES string of the molecule is CC1(C)C[C@]2(C=C(C#N)C1=O)CCN(C(=O)CC1CCCC(C(F)(F)F)C1)C2. The number of alkyl halides is 3. The van der Waals surface area contributed by atoms with Gasteiger partial charge in [-0.2, -0.15) is 18.4 Å². The molecular formula is C21H27F3N2O2. The summed E-state index contributed by atoms with van der Waals surface area (Å²) >= 11 is 0. The van der Waals surface area contributed by atoms with E-state index in [1.165, 1.54) is 0 Å². The van der Waals surface area contributed by atoms with Crippen molar-refractivity contribution < 1.29 is 22.8 Å². The number of carbonyl (C=O) groups excluding carboxylic acids is 2. The lowest BCUT2D eigenvalue weighted by molar-refractivity contribution is -0.186. The second-order valence-electron chi connectivity index (χ2n) is 9.46. The zero-order valence-corrected chi connectivity index (χ0v) is 16.4. The lowest BCUT2D eigenvalue weighted by Gasteiger charge is -2.38. The molecule has 0 N–H and O–H groups in total. The summed E-state index contributed by atoms with van der Waals surface area (Å²) in [5, 5.41) is 9.31. The van der Waals surface area contributed by atoms with Crippen molar-refractivity contribution in [3.8, 4) is 6.07 Å². The average molecular weight is 396 g/mol. The lowest BCUT2D eigenvalue weighted by atomic mass is 9.64. The maximum Gasteiger partial charge on any atom is 0.391 e. The van der Waals surface area contributed by atoms with E-state index in [4.69, 9.17) is 0 Å². The van der Waals surface area contributed by atoms with Gasteiger partial charge in [0, 0.05) is 30.3 Å². The number of hydrogen-bond donors (Lipinski definition) is 0. The van der Waals surface area contributed by atoms with Gasteiger partial charge in [0.2, 0.25) is 5.91 Å². The fraction of sp³-hybridized carbons (Fsp3) is 0.762. The zero-order chi connectivity index (χ0) is 20.7. The Hall–Kier alpha value is -1.84. The summed E-state index contributed by atoms with van der Waals surface area (Å²) < 4.78 is 39.0. The van der Waals surface area contributed by atoms with Crippen LogP contribution in [0.25, 0.3) is 0 Å². The van der Waals surface area contributed by atoms with E-state index in [2.05, 4.69) is 0 Å². The Morgan fingerprint density at radius 1 is 1.36 bits per heavy atom. The van der Waals surface area contributed by atoms with Crippen LogP contribution in [0.3, 0.4) is 0 Å². The molecule has 1 aliphatic heterocycles. The number of carbonyl (C=O) groups is 2. The van der Waals surface area contributed by atoms with E-state index in [1.54, 1.807) is 11.0 Å². The number of allylic oxidation sites excluding steroid dienone is 1. The molecule has 2 fully saturated rings. The van der Waals surface area contributed by atoms with E-state index < -0.39 is 17.5 Å². The van der Waals surface area contributed by atoms with Gasteiger partial charge in [-0.1, -0.05) is 26.3 Å². The Morgan fingerprint density at radius 3 is 2.71 bits per heavy atom. The predicted molar refractivity (Wildman–Crippen MR) is 96.9 cm³/mol. The van der Waals surface area contributed by atoms with Crippen LogP contribution in [0.15, 0.2) is 11.6 Å². The van der Waals surface area contributed by atoms with Gasteiger partial charge in [-0.3, -0.25) is 9.59 Å². The molecule has 1 amide bonds. The second kappa shape index (κ2) is 7.20. The van der Waals surface area contributed by atoms with Crippen molar-refractivity contribution in [2.75, 3.05) is 13.1 Å². The Bertz CT molecular complexity index is 735. The van der Waals surface area contributed by atoms with Gasteiger partial charge in [-0.05, 0) is 38.0 Å². The number of rotatable bonds is 2. The fourth-order valence-electron chi connectivity index (χ4n) is 5.35. The highest BCUT2D eigenvalue weighted by atomic mass is 19.4. The van der Waals surface area contributed by atoms with Crippen LogP contribution in [-0.4, -0.2) is 35.9 Å². The summed E-state index contributed by atoms with van der Waals surface area (Å²) in [5.74, 6) is -1.79. The van der Waals surface area contributed by atoms with Crippen molar-refractivity contribution in [3.63, 3.8) is 0 Å². The van der Waals surface area contributed by atoms with E-state index in [0.29, 0.717) is 38.8 Å². The molecule has 154 valence electrons. The topological polar surface area (TPSA) is 61.2 Å². The molecule has 3 aliphatic rings. The summed E-state index contributed by atoms with van der Waals surface area (Å²) in [6.07, 6.45) is 0.323. The molecule has 2 aliphatic carbocycles. The normalized spacial score (nSPS) is 32.9. The maximum atomic E-state index is 13.0. The van der Waals surface area contributed by atoms with Crippen LogP contribution in [0.4, 0.5) is 13.2 Å². The van der Waals surface area contributed by atoms with E-state index >= 15 is 0 Å². The monoisotopic (exact) mass is 396 g/mol. The van der Waals surface area contributed by atoms with Gasteiger partial charge in [-0.15, -0.1) is 0 Å². The largest absolute Gasteiger partial charge is 0.391 e. The molecule has 4 nitrogen and oxygen atoms in total. The van der Waals surface area contributed by atoms with Crippen molar-refractivity contribution in [3.05, 3.63) is 11.6 Å². The molecule has 0 aromatic heterocycles. The minimum atomic E-state index is -4.18. The van der Waals surface area contributed by atoms with Gasteiger partial charge >= 0.3 is 6.18 Å². The first-order chi connectivity index (χ1) is 13.0. The van der Waals surface area contributed by atoms with Crippen LogP contribution in [-0.2, 0) is 9.59 Å². The summed E-state index contributed by atoms with van der Waals surface area (Å²) in [7, 11) is 0. The highest BCUT2D eigenvalue weighted by Gasteiger charge is 2.49. The van der Waals surface area contributed by atoms with Crippen LogP contribution in [0.5, 0.6) is 0 Å². The number of nitrogens with zero attached hydrogens (tertiary/aromatic N) is 2. The third-order valence-corrected chi connectivity index (χ3v) is 6.67. The molecular weight excluding hydrogens is 369 g/mol. The van der Waals surface area contributed by atoms with E-state index in [9.17, 15) is 28.0 Å². The molecule has 0 aromatic carbocycles. The summed E-state index contributed by atoms with van der Waals surface area (Å²) in [6, 6.07) is 1.99. The van der Waals surface area contributed by atoms with Gasteiger partial charge in [0.15, 0.2) is 5.78 Å². The molecule has 1 spiro atoms. The first-order valence-electron chi connectivity index (χ1n) is 9.98. The molecule has 3 atom stereocenters. The summed E-state index contributed by atoms with van der Waals surface area (Å²) in [5.41, 5.74) is -0.882. The number of halogens is 3. The quantitative estimate of drug-likeness (QED) is 0.694. The van der Waals surface area contributed by atoms with Gasteiger partial charge in [-0.25, -0.2) is 0 Å². The Kier molecular flexibility index (Phi) is 5.37. The van der Waals surface area contributed by atoms with Crippen LogP contribution >= 0.6 is 0 Å². The minimum absolute atomic E-state index is 0.0360. The smallest absolute Gasteiger partial charge is 0.342 e. The van der Waals surface area contributed by atoms with Crippen molar-refractivity contribution in [1.82, 2.24) is 4.90 Å². The van der Waals surface area contributed by atoms with Gasteiger partial charge in [0.25, 0.3) is 0 Å². The average Bonchev–Trinajstić information content (AvgIpc) is 3.01. The Balaban J connectivity index is 1.65. The number of hydrogen-bond acceptors (Lipinski definition) is 3. The summed E-state index contributed by atoms with van der Waals surface area (Å²) in [4.78, 5) is 26.8. The third-order valence-electron chi connectivity index (χ3n) is 6.67. The van der Waals surface area contributed by atoms with Crippen molar-refractivity contribution in [2.45, 2.75) is 65.0 Å². The maximum absolute atomic E-state index is 13.0. The molecule has 2 unspecified atom stereocenters. The molecule has 0 bridgehead atoms. The van der Waals surface area contributed by atoms with Gasteiger partial charge < -0.3 is 4.90 Å². The molecule has 7 heteroatoms. The Morgan fingerprint density at radius 2 is 2.07 bits per heavy atom. The molecule has 1 saturated heterocycles. The standard InChI is InChI=1S/C21H27F3N2O2/c1-19(2)12-20(10-15(11-25)18(19)28)6-7-26(13-20)17(27)9-14-4-3-5-16(8-14)21(22,23)24/h10,14,16H,3-9,12-13H2,1-2H3/t14?,16?,20-/m1/s1. The minimum Gasteiger partial charge on any atom is -0.342 e. The van der Waals surface area contributed by atoms with Crippen molar-refractivity contribution in [2.24, 2.45) is 22.7 Å². The number of ketones is 1. The fourth-order valence-corrected chi connectivity index (χ4v) is 5.35. The molecule has 1 heterocycles. The van der Waals surface area contributed by atoms with Crippen LogP contribution in [0, 0.1) is 34.0 Å². The van der Waals surface area contributed by atoms with E-state index in [-0.39, 0.29) is 47.9 Å². The van der Waals surface area contributed by atoms with Crippen LogP contribution < -0.4 is 0 Å². The first kappa shape index (κ1) is 20.9. The highest BCUT2D eigenvalue weighted by Crippen LogP contribution is 2.48. The zero-order valence-electron chi connectivity index (χ0n) is 16.4. The van der Waals surface area contributed by atoms with E-state index in [1.807, 2.05) is 19.9 Å². The number of Topliss-reactive ketones (excluding diaryl/α,β-unsaturated/α-hetero) is 1. The molecule has 3 rings (SSSR count). The molecule has 1 saturated carbocycles. The molecule has 0 radical (unpaired) electrons. The lowest BCUT2D eigenvalue weighted by Crippen LogP contribution is -2.41. The molecule has 28 heavy (non-hydrogen) atoms.